The maximum Gasteiger partial charge on any atom is 0.218 e. The Morgan fingerprint density at radius 1 is 1.57 bits per heavy atom. The van der Waals surface area contributed by atoms with Gasteiger partial charge in [-0.1, -0.05) is 18.2 Å². The highest BCUT2D eigenvalue weighted by Gasteiger charge is 1.99. The van der Waals surface area contributed by atoms with Crippen LogP contribution in [0.3, 0.4) is 0 Å². The molecule has 1 rings (SSSR count). The fraction of sp³-hybridized carbons (Fsp3) is 0.222. The summed E-state index contributed by atoms with van der Waals surface area (Å²) in [4.78, 5) is 3.95. The van der Waals surface area contributed by atoms with Gasteiger partial charge in [0, 0.05) is 12.7 Å². The molecule has 0 bridgehead atoms. The third-order valence-corrected chi connectivity index (χ3v) is 1.65. The van der Waals surface area contributed by atoms with Gasteiger partial charge in [-0.05, 0) is 6.07 Å². The number of nitrogens with zero attached hydrogens (tertiary/aromatic N) is 1. The van der Waals surface area contributed by atoms with Crippen LogP contribution in [0.1, 0.15) is 5.56 Å². The highest BCUT2D eigenvalue weighted by molar-refractivity contribution is 5.80. The van der Waals surface area contributed by atoms with Crippen LogP contribution in [0.5, 0.6) is 0 Å². The lowest BCUT2D eigenvalue weighted by molar-refractivity contribution is 0.185. The van der Waals surface area contributed by atoms with Gasteiger partial charge in [0.25, 0.3) is 0 Å². The van der Waals surface area contributed by atoms with Crippen molar-refractivity contribution in [3.8, 4) is 0 Å². The smallest absolute Gasteiger partial charge is 0.218 e. The molecule has 1 aromatic rings. The molecule has 5 nitrogen and oxygen atoms in total. The topological polar surface area (TPSA) is 79.9 Å². The van der Waals surface area contributed by atoms with Crippen LogP contribution in [0, 0.1) is 0 Å². The molecular formula is C9H13N3O2. The number of ether oxygens (including phenoxy) is 1. The van der Waals surface area contributed by atoms with E-state index in [4.69, 9.17) is 15.7 Å². The van der Waals surface area contributed by atoms with E-state index in [9.17, 15) is 0 Å². The molecule has 0 spiro atoms. The highest BCUT2D eigenvalue weighted by atomic mass is 16.5. The Labute approximate surface area is 82.2 Å². The summed E-state index contributed by atoms with van der Waals surface area (Å²) in [6.45, 7) is 0.457. The molecule has 0 saturated heterocycles. The molecule has 0 aliphatic heterocycles. The molecule has 0 unspecified atom stereocenters. The molecule has 0 aliphatic rings. The van der Waals surface area contributed by atoms with Crippen molar-refractivity contribution in [2.45, 2.75) is 6.61 Å². The largest absolute Gasteiger partial charge is 0.380 e. The molecule has 1 aromatic carbocycles. The third-order valence-electron chi connectivity index (χ3n) is 1.65. The Bertz CT molecular complexity index is 326. The van der Waals surface area contributed by atoms with Crippen molar-refractivity contribution in [1.82, 2.24) is 5.48 Å². The van der Waals surface area contributed by atoms with Crippen molar-refractivity contribution in [2.24, 2.45) is 10.7 Å². The van der Waals surface area contributed by atoms with E-state index in [2.05, 4.69) is 4.99 Å². The number of hydrogen-bond donors (Lipinski definition) is 3. The number of nitrogens with one attached hydrogen (secondary N) is 1. The minimum Gasteiger partial charge on any atom is -0.380 e. The first-order valence-electron chi connectivity index (χ1n) is 4.09. The number of hydroxylamine groups is 1. The Morgan fingerprint density at radius 3 is 2.93 bits per heavy atom. The maximum atomic E-state index is 8.48. The fourth-order valence-corrected chi connectivity index (χ4v) is 1.05. The minimum atomic E-state index is -0.0476. The summed E-state index contributed by atoms with van der Waals surface area (Å²) in [6.07, 6.45) is 0. The van der Waals surface area contributed by atoms with Gasteiger partial charge in [0.2, 0.25) is 5.96 Å². The van der Waals surface area contributed by atoms with E-state index in [-0.39, 0.29) is 5.96 Å². The number of methoxy groups -OCH3 is 1. The Hall–Kier alpha value is -1.59. The van der Waals surface area contributed by atoms with E-state index in [1.807, 2.05) is 18.2 Å². The Kier molecular flexibility index (Phi) is 3.90. The van der Waals surface area contributed by atoms with Gasteiger partial charge in [-0.2, -0.15) is 0 Å². The summed E-state index contributed by atoms with van der Waals surface area (Å²) in [6, 6.07) is 7.39. The molecule has 0 aliphatic carbocycles. The van der Waals surface area contributed by atoms with Gasteiger partial charge in [0.05, 0.1) is 12.3 Å². The molecule has 76 valence electrons. The van der Waals surface area contributed by atoms with E-state index in [1.165, 1.54) is 0 Å². The van der Waals surface area contributed by atoms with Crippen molar-refractivity contribution in [1.29, 1.82) is 0 Å². The summed E-state index contributed by atoms with van der Waals surface area (Å²) >= 11 is 0. The van der Waals surface area contributed by atoms with Crippen LogP contribution < -0.4 is 11.2 Å². The van der Waals surface area contributed by atoms with Crippen LogP contribution in [0.4, 0.5) is 5.69 Å². The van der Waals surface area contributed by atoms with E-state index >= 15 is 0 Å². The molecule has 0 fully saturated rings. The zero-order valence-electron chi connectivity index (χ0n) is 7.90. The van der Waals surface area contributed by atoms with E-state index < -0.39 is 0 Å². The highest BCUT2D eigenvalue weighted by Crippen LogP contribution is 2.18. The number of hydrogen-bond acceptors (Lipinski definition) is 3. The lowest BCUT2D eigenvalue weighted by Gasteiger charge is -2.04. The first-order valence-corrected chi connectivity index (χ1v) is 4.09. The molecule has 14 heavy (non-hydrogen) atoms. The van der Waals surface area contributed by atoms with Crippen LogP contribution >= 0.6 is 0 Å². The summed E-state index contributed by atoms with van der Waals surface area (Å²) in [5.74, 6) is -0.0476. The first kappa shape index (κ1) is 10.5. The standard InChI is InChI=1S/C9H13N3O2/c1-14-6-7-4-2-3-5-8(7)11-9(10)12-13/h2-5,13H,6H2,1H3,(H3,10,11,12). The van der Waals surface area contributed by atoms with E-state index in [1.54, 1.807) is 18.7 Å². The third kappa shape index (κ3) is 2.72. The lowest BCUT2D eigenvalue weighted by Crippen LogP contribution is -2.27. The lowest BCUT2D eigenvalue weighted by atomic mass is 10.2. The summed E-state index contributed by atoms with van der Waals surface area (Å²) in [5.41, 5.74) is 8.67. The molecule has 0 saturated carbocycles. The average molecular weight is 195 g/mol. The number of guanidine groups is 1. The zero-order chi connectivity index (χ0) is 10.4. The second-order valence-corrected chi connectivity index (χ2v) is 2.67. The van der Waals surface area contributed by atoms with Gasteiger partial charge in [-0.25, -0.2) is 10.5 Å². The second kappa shape index (κ2) is 5.21. The number of benzene rings is 1. The van der Waals surface area contributed by atoms with Crippen molar-refractivity contribution < 1.29 is 9.94 Å². The van der Waals surface area contributed by atoms with Crippen molar-refractivity contribution >= 4 is 11.6 Å². The van der Waals surface area contributed by atoms with Gasteiger partial charge < -0.3 is 10.5 Å². The predicted octanol–water partition coefficient (Wildman–Crippen LogP) is 0.758. The van der Waals surface area contributed by atoms with Crippen molar-refractivity contribution in [3.05, 3.63) is 29.8 Å². The summed E-state index contributed by atoms with van der Waals surface area (Å²) in [5, 5.41) is 8.48. The molecule has 0 radical (unpaired) electrons. The van der Waals surface area contributed by atoms with Crippen LogP contribution in [-0.2, 0) is 11.3 Å². The molecule has 0 heterocycles. The van der Waals surface area contributed by atoms with Crippen molar-refractivity contribution in [2.75, 3.05) is 7.11 Å². The monoisotopic (exact) mass is 195 g/mol. The first-order chi connectivity index (χ1) is 6.77. The van der Waals surface area contributed by atoms with E-state index in [0.717, 1.165) is 5.56 Å². The van der Waals surface area contributed by atoms with Gasteiger partial charge in [0.15, 0.2) is 0 Å². The van der Waals surface area contributed by atoms with Crippen LogP contribution in [0.25, 0.3) is 0 Å². The number of para-hydroxylation sites is 1. The van der Waals surface area contributed by atoms with Crippen LogP contribution in [0.15, 0.2) is 29.3 Å². The van der Waals surface area contributed by atoms with Gasteiger partial charge in [-0.3, -0.25) is 5.21 Å². The minimum absolute atomic E-state index is 0.0476. The second-order valence-electron chi connectivity index (χ2n) is 2.67. The number of aliphatic imine (C=N–C) groups is 1. The number of rotatable bonds is 3. The predicted molar refractivity (Wildman–Crippen MR) is 53.4 cm³/mol. The van der Waals surface area contributed by atoms with Gasteiger partial charge >= 0.3 is 0 Å². The molecule has 5 heteroatoms. The summed E-state index contributed by atoms with van der Waals surface area (Å²) in [7, 11) is 1.61. The number of nitrogens with two attached hydrogens (primary N) is 1. The molecule has 0 aromatic heterocycles. The fourth-order valence-electron chi connectivity index (χ4n) is 1.05. The zero-order valence-corrected chi connectivity index (χ0v) is 7.90. The van der Waals surface area contributed by atoms with Crippen LogP contribution in [-0.4, -0.2) is 18.3 Å². The van der Waals surface area contributed by atoms with E-state index in [0.29, 0.717) is 12.3 Å². The summed E-state index contributed by atoms with van der Waals surface area (Å²) < 4.78 is 4.99. The normalized spacial score (nSPS) is 11.4. The van der Waals surface area contributed by atoms with Gasteiger partial charge in [-0.15, -0.1) is 0 Å². The average Bonchev–Trinajstić information content (AvgIpc) is 2.21. The van der Waals surface area contributed by atoms with Crippen molar-refractivity contribution in [3.63, 3.8) is 0 Å². The molecule has 0 atom stereocenters. The SMILES string of the molecule is COCc1ccccc1N=C(N)NO. The van der Waals surface area contributed by atoms with Crippen LogP contribution in [0.2, 0.25) is 0 Å². The molecule has 0 amide bonds. The molecule has 4 N–H and O–H groups in total. The quantitative estimate of drug-likeness (QED) is 0.378. The Morgan fingerprint density at radius 2 is 2.29 bits per heavy atom. The Balaban J connectivity index is 2.95. The maximum absolute atomic E-state index is 8.48. The van der Waals surface area contributed by atoms with Gasteiger partial charge in [0.1, 0.15) is 0 Å². The molecular weight excluding hydrogens is 182 g/mol.